The van der Waals surface area contributed by atoms with E-state index in [4.69, 9.17) is 5.73 Å². The van der Waals surface area contributed by atoms with Crippen molar-refractivity contribution in [2.24, 2.45) is 11.7 Å². The minimum Gasteiger partial charge on any atom is -0.339 e. The molecule has 0 saturated carbocycles. The fourth-order valence-corrected chi connectivity index (χ4v) is 3.67. The number of nitrogens with zero attached hydrogens (tertiary/aromatic N) is 1. The number of piperidine rings is 1. The average Bonchev–Trinajstić information content (AvgIpc) is 2.54. The molecule has 0 spiro atoms. The molecule has 2 rings (SSSR count). The predicted octanol–water partition coefficient (Wildman–Crippen LogP) is 2.10. The van der Waals surface area contributed by atoms with Crippen LogP contribution in [0.1, 0.15) is 37.0 Å². The van der Waals surface area contributed by atoms with Gasteiger partial charge in [0.15, 0.2) is 9.84 Å². The first-order valence-corrected chi connectivity index (χ1v) is 9.38. The van der Waals surface area contributed by atoms with Crippen LogP contribution in [0.2, 0.25) is 0 Å². The highest BCUT2D eigenvalue weighted by Gasteiger charge is 2.25. The summed E-state index contributed by atoms with van der Waals surface area (Å²) in [6.07, 6.45) is 1.84. The molecule has 1 saturated heterocycles. The van der Waals surface area contributed by atoms with E-state index in [1.807, 2.05) is 11.8 Å². The van der Waals surface area contributed by atoms with E-state index in [0.717, 1.165) is 12.8 Å². The molecule has 1 heterocycles. The summed E-state index contributed by atoms with van der Waals surface area (Å²) in [5, 5.41) is 0. The first kappa shape index (κ1) is 19.9. The maximum atomic E-state index is 12.5. The standard InChI is InChI=1S/C16H24N2O3S.ClH/c1-3-22(20,21)15-6-4-14(5-7-15)16(19)18-10-8-13(9-11-18)12(2)17;/h4-7,12-13H,3,8-11,17H2,1-2H3;1H. The molecule has 2 N–H and O–H groups in total. The Morgan fingerprint density at radius 1 is 1.26 bits per heavy atom. The lowest BCUT2D eigenvalue weighted by Gasteiger charge is -2.33. The van der Waals surface area contributed by atoms with Crippen LogP contribution >= 0.6 is 12.4 Å². The van der Waals surface area contributed by atoms with E-state index in [9.17, 15) is 13.2 Å². The number of sulfone groups is 1. The van der Waals surface area contributed by atoms with E-state index in [1.165, 1.54) is 12.1 Å². The molecule has 1 atom stereocenters. The number of carbonyl (C=O) groups excluding carboxylic acids is 1. The topological polar surface area (TPSA) is 80.5 Å². The van der Waals surface area contributed by atoms with E-state index in [2.05, 4.69) is 0 Å². The molecule has 130 valence electrons. The van der Waals surface area contributed by atoms with Crippen LogP contribution in [0.25, 0.3) is 0 Å². The highest BCUT2D eigenvalue weighted by molar-refractivity contribution is 7.91. The normalized spacial score (nSPS) is 17.4. The molecule has 0 aliphatic carbocycles. The van der Waals surface area contributed by atoms with Crippen molar-refractivity contribution in [1.29, 1.82) is 0 Å². The zero-order chi connectivity index (χ0) is 16.3. The van der Waals surface area contributed by atoms with Crippen LogP contribution in [-0.4, -0.2) is 44.1 Å². The van der Waals surface area contributed by atoms with Crippen LogP contribution in [0.3, 0.4) is 0 Å². The van der Waals surface area contributed by atoms with Gasteiger partial charge < -0.3 is 10.6 Å². The second-order valence-electron chi connectivity index (χ2n) is 5.92. The van der Waals surface area contributed by atoms with Crippen molar-refractivity contribution in [2.75, 3.05) is 18.8 Å². The average molecular weight is 361 g/mol. The third kappa shape index (κ3) is 4.68. The second-order valence-corrected chi connectivity index (χ2v) is 8.19. The van der Waals surface area contributed by atoms with Crippen molar-refractivity contribution in [3.63, 3.8) is 0 Å². The highest BCUT2D eigenvalue weighted by atomic mass is 35.5. The Balaban J connectivity index is 0.00000264. The Bertz CT molecular complexity index is 621. The molecular formula is C16H25ClN2O3S. The molecule has 0 aromatic heterocycles. The lowest BCUT2D eigenvalue weighted by molar-refractivity contribution is 0.0681. The Labute approximate surface area is 144 Å². The van der Waals surface area contributed by atoms with Crippen LogP contribution in [0.5, 0.6) is 0 Å². The van der Waals surface area contributed by atoms with Gasteiger partial charge in [-0.15, -0.1) is 12.4 Å². The first-order valence-electron chi connectivity index (χ1n) is 7.73. The van der Waals surface area contributed by atoms with Gasteiger partial charge in [0.25, 0.3) is 5.91 Å². The number of benzene rings is 1. The van der Waals surface area contributed by atoms with Gasteiger partial charge in [0.2, 0.25) is 0 Å². The van der Waals surface area contributed by atoms with Crippen molar-refractivity contribution in [1.82, 2.24) is 4.90 Å². The fourth-order valence-electron chi connectivity index (χ4n) is 2.78. The molecule has 1 unspecified atom stereocenters. The molecule has 1 aromatic carbocycles. The minimum atomic E-state index is -3.22. The molecule has 23 heavy (non-hydrogen) atoms. The van der Waals surface area contributed by atoms with Gasteiger partial charge >= 0.3 is 0 Å². The summed E-state index contributed by atoms with van der Waals surface area (Å²) in [6.45, 7) is 5.03. The van der Waals surface area contributed by atoms with Gasteiger partial charge in [-0.3, -0.25) is 4.79 Å². The lowest BCUT2D eigenvalue weighted by Crippen LogP contribution is -2.42. The molecule has 0 radical (unpaired) electrons. The van der Waals surface area contributed by atoms with Gasteiger partial charge in [0.1, 0.15) is 0 Å². The number of rotatable bonds is 4. The molecule has 5 nitrogen and oxygen atoms in total. The van der Waals surface area contributed by atoms with E-state index in [-0.39, 0.29) is 35.0 Å². The van der Waals surface area contributed by atoms with Gasteiger partial charge in [-0.2, -0.15) is 0 Å². The van der Waals surface area contributed by atoms with E-state index in [1.54, 1.807) is 19.1 Å². The lowest BCUT2D eigenvalue weighted by atomic mass is 9.90. The Morgan fingerprint density at radius 2 is 1.78 bits per heavy atom. The Kier molecular flexibility index (Phi) is 7.04. The molecule has 1 aliphatic rings. The highest BCUT2D eigenvalue weighted by Crippen LogP contribution is 2.21. The zero-order valence-corrected chi connectivity index (χ0v) is 15.2. The van der Waals surface area contributed by atoms with Crippen molar-refractivity contribution >= 4 is 28.2 Å². The summed E-state index contributed by atoms with van der Waals surface area (Å²) in [4.78, 5) is 14.5. The van der Waals surface area contributed by atoms with Crippen LogP contribution < -0.4 is 5.73 Å². The van der Waals surface area contributed by atoms with Crippen LogP contribution in [0.15, 0.2) is 29.2 Å². The second kappa shape index (κ2) is 8.13. The van der Waals surface area contributed by atoms with E-state index < -0.39 is 9.84 Å². The maximum absolute atomic E-state index is 12.5. The van der Waals surface area contributed by atoms with E-state index >= 15 is 0 Å². The monoisotopic (exact) mass is 360 g/mol. The van der Waals surface area contributed by atoms with E-state index in [0.29, 0.717) is 24.6 Å². The Hall–Kier alpha value is -1.11. The largest absolute Gasteiger partial charge is 0.339 e. The third-order valence-electron chi connectivity index (χ3n) is 4.41. The van der Waals surface area contributed by atoms with Crippen molar-refractivity contribution in [2.45, 2.75) is 37.6 Å². The molecule has 1 aromatic rings. The third-order valence-corrected chi connectivity index (χ3v) is 6.16. The maximum Gasteiger partial charge on any atom is 0.253 e. The Morgan fingerprint density at radius 3 is 2.22 bits per heavy atom. The molecule has 1 amide bonds. The predicted molar refractivity (Wildman–Crippen MR) is 93.7 cm³/mol. The zero-order valence-electron chi connectivity index (χ0n) is 13.6. The number of carbonyl (C=O) groups is 1. The van der Waals surface area contributed by atoms with Crippen molar-refractivity contribution in [3.05, 3.63) is 29.8 Å². The summed E-state index contributed by atoms with van der Waals surface area (Å²) in [5.41, 5.74) is 6.45. The summed E-state index contributed by atoms with van der Waals surface area (Å²) in [6, 6.07) is 6.39. The van der Waals surface area contributed by atoms with Crippen LogP contribution in [-0.2, 0) is 9.84 Å². The summed E-state index contributed by atoms with van der Waals surface area (Å²) in [7, 11) is -3.22. The van der Waals surface area contributed by atoms with Crippen LogP contribution in [0, 0.1) is 5.92 Å². The van der Waals surface area contributed by atoms with Gasteiger partial charge in [-0.25, -0.2) is 8.42 Å². The number of nitrogens with two attached hydrogens (primary N) is 1. The molecule has 1 fully saturated rings. The number of amides is 1. The number of halogens is 1. The number of likely N-dealkylation sites (tertiary alicyclic amines) is 1. The molecular weight excluding hydrogens is 336 g/mol. The van der Waals surface area contributed by atoms with Gasteiger partial charge in [0.05, 0.1) is 10.6 Å². The summed E-state index contributed by atoms with van der Waals surface area (Å²) in [5.74, 6) is 0.495. The van der Waals surface area contributed by atoms with Gasteiger partial charge in [-0.05, 0) is 49.9 Å². The summed E-state index contributed by atoms with van der Waals surface area (Å²) < 4.78 is 23.6. The van der Waals surface area contributed by atoms with Crippen LogP contribution in [0.4, 0.5) is 0 Å². The number of hydrogen-bond donors (Lipinski definition) is 1. The quantitative estimate of drug-likeness (QED) is 0.891. The van der Waals surface area contributed by atoms with Crippen molar-refractivity contribution in [3.8, 4) is 0 Å². The minimum absolute atomic E-state index is 0. The fraction of sp³-hybridized carbons (Fsp3) is 0.562. The number of hydrogen-bond acceptors (Lipinski definition) is 4. The molecule has 0 bridgehead atoms. The van der Waals surface area contributed by atoms with Crippen molar-refractivity contribution < 1.29 is 13.2 Å². The molecule has 1 aliphatic heterocycles. The first-order chi connectivity index (χ1) is 10.3. The van der Waals surface area contributed by atoms with Gasteiger partial charge in [-0.1, -0.05) is 6.92 Å². The SMILES string of the molecule is CCS(=O)(=O)c1ccc(C(=O)N2CCC(C(C)N)CC2)cc1.Cl. The smallest absolute Gasteiger partial charge is 0.253 e. The van der Waals surface area contributed by atoms with Gasteiger partial charge in [0, 0.05) is 24.7 Å². The summed E-state index contributed by atoms with van der Waals surface area (Å²) >= 11 is 0. The molecule has 7 heteroatoms.